The van der Waals surface area contributed by atoms with Gasteiger partial charge in [0.2, 0.25) is 0 Å². The minimum atomic E-state index is -0.0959. The number of esters is 1. The fourth-order valence-corrected chi connectivity index (χ4v) is 2.09. The van der Waals surface area contributed by atoms with Crippen molar-refractivity contribution in [3.63, 3.8) is 0 Å². The van der Waals surface area contributed by atoms with E-state index in [2.05, 4.69) is 6.92 Å². The average Bonchev–Trinajstić information content (AvgIpc) is 2.42. The van der Waals surface area contributed by atoms with E-state index < -0.39 is 0 Å². The predicted octanol–water partition coefficient (Wildman–Crippen LogP) is 4.61. The molecule has 0 rings (SSSR count). The standard InChI is InChI=1S/C16H33NO2.ClH/c1-2-3-4-5-6-7-8-9-10-11-15-19-16(18)13-12-14-17;/h2-15,17H2,1H3;1H. The number of unbranched alkanes of at least 4 members (excludes halogenated alkanes) is 9. The van der Waals surface area contributed by atoms with Crippen LogP contribution < -0.4 is 5.73 Å². The molecule has 0 atom stereocenters. The normalized spacial score (nSPS) is 10.1. The third kappa shape index (κ3) is 17.7. The summed E-state index contributed by atoms with van der Waals surface area (Å²) in [5, 5.41) is 0. The summed E-state index contributed by atoms with van der Waals surface area (Å²) in [6.45, 7) is 3.40. The van der Waals surface area contributed by atoms with Gasteiger partial charge >= 0.3 is 5.97 Å². The highest BCUT2D eigenvalue weighted by atomic mass is 35.5. The number of hydrogen-bond donors (Lipinski definition) is 1. The Labute approximate surface area is 131 Å². The Bertz CT molecular complexity index is 201. The molecule has 0 aromatic heterocycles. The molecule has 4 heteroatoms. The van der Waals surface area contributed by atoms with E-state index in [0.717, 1.165) is 12.8 Å². The molecule has 0 aliphatic carbocycles. The summed E-state index contributed by atoms with van der Waals surface area (Å²) in [5.41, 5.74) is 5.33. The molecule has 0 amide bonds. The molecule has 0 aliphatic rings. The molecule has 20 heavy (non-hydrogen) atoms. The van der Waals surface area contributed by atoms with Crippen molar-refractivity contribution < 1.29 is 9.53 Å². The van der Waals surface area contributed by atoms with Gasteiger partial charge in [-0.15, -0.1) is 12.4 Å². The highest BCUT2D eigenvalue weighted by Gasteiger charge is 2.00. The monoisotopic (exact) mass is 307 g/mol. The molecule has 0 fully saturated rings. The minimum Gasteiger partial charge on any atom is -0.466 e. The first kappa shape index (κ1) is 22.0. The van der Waals surface area contributed by atoms with Gasteiger partial charge < -0.3 is 10.5 Å². The number of rotatable bonds is 14. The minimum absolute atomic E-state index is 0. The van der Waals surface area contributed by atoms with Gasteiger partial charge in [0, 0.05) is 6.42 Å². The first-order valence-electron chi connectivity index (χ1n) is 8.17. The summed E-state index contributed by atoms with van der Waals surface area (Å²) in [7, 11) is 0. The second-order valence-corrected chi connectivity index (χ2v) is 5.29. The van der Waals surface area contributed by atoms with Gasteiger partial charge in [-0.25, -0.2) is 0 Å². The maximum Gasteiger partial charge on any atom is 0.305 e. The zero-order valence-corrected chi connectivity index (χ0v) is 14.0. The van der Waals surface area contributed by atoms with Gasteiger partial charge in [0.15, 0.2) is 0 Å². The van der Waals surface area contributed by atoms with Crippen LogP contribution in [-0.2, 0) is 9.53 Å². The first-order chi connectivity index (χ1) is 9.31. The molecule has 0 bridgehead atoms. The molecule has 0 aromatic rings. The number of carbonyl (C=O) groups is 1. The largest absolute Gasteiger partial charge is 0.466 e. The van der Waals surface area contributed by atoms with Crippen molar-refractivity contribution in [2.45, 2.75) is 84.0 Å². The topological polar surface area (TPSA) is 52.3 Å². The van der Waals surface area contributed by atoms with Crippen molar-refractivity contribution in [2.24, 2.45) is 5.73 Å². The Morgan fingerprint density at radius 2 is 1.35 bits per heavy atom. The molecule has 0 heterocycles. The zero-order chi connectivity index (χ0) is 14.2. The molecule has 0 unspecified atom stereocenters. The second kappa shape index (κ2) is 18.7. The van der Waals surface area contributed by atoms with Crippen LogP contribution in [0.5, 0.6) is 0 Å². The van der Waals surface area contributed by atoms with Gasteiger partial charge in [-0.1, -0.05) is 64.7 Å². The van der Waals surface area contributed by atoms with Crippen molar-refractivity contribution in [3.8, 4) is 0 Å². The van der Waals surface area contributed by atoms with Crippen molar-refractivity contribution in [1.82, 2.24) is 0 Å². The van der Waals surface area contributed by atoms with Crippen molar-refractivity contribution in [2.75, 3.05) is 13.2 Å². The maximum atomic E-state index is 11.2. The highest BCUT2D eigenvalue weighted by molar-refractivity contribution is 5.85. The fourth-order valence-electron chi connectivity index (χ4n) is 2.09. The SMILES string of the molecule is CCCCCCCCCCCCOC(=O)CCCN.Cl. The van der Waals surface area contributed by atoms with Crippen LogP contribution in [0.4, 0.5) is 0 Å². The third-order valence-corrected chi connectivity index (χ3v) is 3.35. The third-order valence-electron chi connectivity index (χ3n) is 3.35. The van der Waals surface area contributed by atoms with E-state index in [9.17, 15) is 4.79 Å². The van der Waals surface area contributed by atoms with Crippen LogP contribution in [0, 0.1) is 0 Å². The van der Waals surface area contributed by atoms with Crippen LogP contribution in [0.1, 0.15) is 84.0 Å². The van der Waals surface area contributed by atoms with Crippen LogP contribution in [0.3, 0.4) is 0 Å². The quantitative estimate of drug-likeness (QED) is 0.376. The Morgan fingerprint density at radius 1 is 0.850 bits per heavy atom. The van der Waals surface area contributed by atoms with Gasteiger partial charge in [0.25, 0.3) is 0 Å². The smallest absolute Gasteiger partial charge is 0.305 e. The van der Waals surface area contributed by atoms with Gasteiger partial charge in [0.05, 0.1) is 6.61 Å². The Kier molecular flexibility index (Phi) is 20.6. The van der Waals surface area contributed by atoms with E-state index in [0.29, 0.717) is 19.6 Å². The lowest BCUT2D eigenvalue weighted by atomic mass is 10.1. The molecule has 122 valence electrons. The van der Waals surface area contributed by atoms with Gasteiger partial charge in [0.1, 0.15) is 0 Å². The molecule has 0 saturated carbocycles. The number of ether oxygens (including phenoxy) is 1. The van der Waals surface area contributed by atoms with Crippen LogP contribution in [0.2, 0.25) is 0 Å². The van der Waals surface area contributed by atoms with Crippen LogP contribution in [0.25, 0.3) is 0 Å². The Morgan fingerprint density at radius 3 is 1.85 bits per heavy atom. The summed E-state index contributed by atoms with van der Waals surface area (Å²) in [6, 6.07) is 0. The van der Waals surface area contributed by atoms with E-state index in [1.807, 2.05) is 0 Å². The summed E-state index contributed by atoms with van der Waals surface area (Å²) in [4.78, 5) is 11.2. The molecule has 0 radical (unpaired) electrons. The molecule has 0 spiro atoms. The van der Waals surface area contributed by atoms with Gasteiger partial charge in [-0.2, -0.15) is 0 Å². The average molecular weight is 308 g/mol. The lowest BCUT2D eigenvalue weighted by molar-refractivity contribution is -0.143. The molecule has 3 nitrogen and oxygen atoms in total. The van der Waals surface area contributed by atoms with Crippen molar-refractivity contribution >= 4 is 18.4 Å². The Balaban J connectivity index is 0. The summed E-state index contributed by atoms with van der Waals surface area (Å²) < 4.78 is 5.12. The first-order valence-corrected chi connectivity index (χ1v) is 8.17. The van der Waals surface area contributed by atoms with Crippen LogP contribution in [-0.4, -0.2) is 19.1 Å². The van der Waals surface area contributed by atoms with Crippen molar-refractivity contribution in [1.29, 1.82) is 0 Å². The van der Waals surface area contributed by atoms with E-state index in [1.54, 1.807) is 0 Å². The molecule has 0 saturated heterocycles. The zero-order valence-electron chi connectivity index (χ0n) is 13.2. The fraction of sp³-hybridized carbons (Fsp3) is 0.938. The van der Waals surface area contributed by atoms with Gasteiger partial charge in [-0.05, 0) is 19.4 Å². The number of halogens is 1. The molecular formula is C16H34ClNO2. The van der Waals surface area contributed by atoms with Crippen molar-refractivity contribution in [3.05, 3.63) is 0 Å². The van der Waals surface area contributed by atoms with E-state index in [-0.39, 0.29) is 18.4 Å². The van der Waals surface area contributed by atoms with Gasteiger partial charge in [-0.3, -0.25) is 4.79 Å². The summed E-state index contributed by atoms with van der Waals surface area (Å²) >= 11 is 0. The highest BCUT2D eigenvalue weighted by Crippen LogP contribution is 2.10. The van der Waals surface area contributed by atoms with Crippen LogP contribution in [0.15, 0.2) is 0 Å². The lowest BCUT2D eigenvalue weighted by Gasteiger charge is -2.04. The molecule has 0 aromatic carbocycles. The lowest BCUT2D eigenvalue weighted by Crippen LogP contribution is -2.08. The number of nitrogens with two attached hydrogens (primary N) is 1. The molecule has 0 aliphatic heterocycles. The number of hydrogen-bond acceptors (Lipinski definition) is 3. The predicted molar refractivity (Wildman–Crippen MR) is 88.3 cm³/mol. The summed E-state index contributed by atoms with van der Waals surface area (Å²) in [5.74, 6) is -0.0959. The van der Waals surface area contributed by atoms with Crippen LogP contribution >= 0.6 is 12.4 Å². The summed E-state index contributed by atoms with van der Waals surface area (Å²) in [6.07, 6.45) is 14.2. The molecular weight excluding hydrogens is 274 g/mol. The van der Waals surface area contributed by atoms with E-state index >= 15 is 0 Å². The van der Waals surface area contributed by atoms with E-state index in [4.69, 9.17) is 10.5 Å². The Hall–Kier alpha value is -0.280. The van der Waals surface area contributed by atoms with E-state index in [1.165, 1.54) is 57.8 Å². The maximum absolute atomic E-state index is 11.2. The number of carbonyl (C=O) groups excluding carboxylic acids is 1. The second-order valence-electron chi connectivity index (χ2n) is 5.29. The molecule has 2 N–H and O–H groups in total.